The van der Waals surface area contributed by atoms with E-state index in [0.29, 0.717) is 12.3 Å². The Balaban J connectivity index is 1.80. The molecular formula is C14H19NO3S. The third kappa shape index (κ3) is 3.56. The van der Waals surface area contributed by atoms with Gasteiger partial charge in [0, 0.05) is 29.2 Å². The second kappa shape index (κ2) is 5.74. The number of carboxylic acids is 1. The molecule has 0 saturated heterocycles. The van der Waals surface area contributed by atoms with Crippen LogP contribution in [-0.2, 0) is 9.59 Å². The van der Waals surface area contributed by atoms with E-state index >= 15 is 0 Å². The maximum atomic E-state index is 12.0. The number of aryl methyl sites for hydroxylation is 1. The lowest BCUT2D eigenvalue weighted by Crippen LogP contribution is -2.34. The van der Waals surface area contributed by atoms with Gasteiger partial charge in [0.15, 0.2) is 0 Å². The Labute approximate surface area is 116 Å². The van der Waals surface area contributed by atoms with E-state index in [4.69, 9.17) is 5.11 Å². The van der Waals surface area contributed by atoms with Gasteiger partial charge in [-0.05, 0) is 43.7 Å². The van der Waals surface area contributed by atoms with Gasteiger partial charge >= 0.3 is 5.97 Å². The van der Waals surface area contributed by atoms with Crippen molar-refractivity contribution in [2.75, 3.05) is 0 Å². The van der Waals surface area contributed by atoms with Crippen LogP contribution in [0, 0.1) is 12.8 Å². The Morgan fingerprint density at radius 2 is 2.32 bits per heavy atom. The molecule has 1 aliphatic rings. The molecular weight excluding hydrogens is 262 g/mol. The van der Waals surface area contributed by atoms with Gasteiger partial charge in [0.2, 0.25) is 5.91 Å². The van der Waals surface area contributed by atoms with Gasteiger partial charge in [0.05, 0.1) is 0 Å². The highest BCUT2D eigenvalue weighted by atomic mass is 32.1. The molecule has 0 aromatic carbocycles. The molecule has 0 radical (unpaired) electrons. The van der Waals surface area contributed by atoms with E-state index in [1.54, 1.807) is 11.3 Å². The topological polar surface area (TPSA) is 66.4 Å². The molecule has 1 aromatic rings. The minimum absolute atomic E-state index is 0.0655. The first kappa shape index (κ1) is 14.1. The van der Waals surface area contributed by atoms with Gasteiger partial charge in [-0.25, -0.2) is 0 Å². The number of carbonyl (C=O) groups is 2. The number of rotatable bonds is 6. The molecule has 1 heterocycles. The minimum atomic E-state index is -0.820. The molecule has 1 aromatic heterocycles. The molecule has 0 spiro atoms. The maximum absolute atomic E-state index is 12.0. The largest absolute Gasteiger partial charge is 0.481 e. The molecule has 5 heteroatoms. The van der Waals surface area contributed by atoms with Gasteiger partial charge in [-0.15, -0.1) is 11.3 Å². The number of amides is 1. The standard InChI is InChI=1S/C14H19NO3S/c1-8-5-6-19-13(8)10-7-11(10)14(18)15-9(2)3-4-12(16)17/h5-6,9-11H,3-4,7H2,1-2H3,(H,15,18)(H,16,17). The van der Waals surface area contributed by atoms with Crippen LogP contribution in [0.2, 0.25) is 0 Å². The molecule has 19 heavy (non-hydrogen) atoms. The monoisotopic (exact) mass is 281 g/mol. The van der Waals surface area contributed by atoms with Gasteiger partial charge in [-0.2, -0.15) is 0 Å². The summed E-state index contributed by atoms with van der Waals surface area (Å²) < 4.78 is 0. The van der Waals surface area contributed by atoms with Crippen molar-refractivity contribution in [1.82, 2.24) is 5.32 Å². The molecule has 4 nitrogen and oxygen atoms in total. The molecule has 2 N–H and O–H groups in total. The highest BCUT2D eigenvalue weighted by Crippen LogP contribution is 2.50. The molecule has 1 amide bonds. The summed E-state index contributed by atoms with van der Waals surface area (Å²) in [5.41, 5.74) is 1.27. The number of carbonyl (C=O) groups excluding carboxylic acids is 1. The van der Waals surface area contributed by atoms with Crippen LogP contribution < -0.4 is 5.32 Å². The predicted octanol–water partition coefficient (Wildman–Crippen LogP) is 2.53. The van der Waals surface area contributed by atoms with Crippen LogP contribution >= 0.6 is 11.3 Å². The number of nitrogens with one attached hydrogen (secondary N) is 1. The average Bonchev–Trinajstić information content (AvgIpc) is 3.02. The van der Waals surface area contributed by atoms with Crippen molar-refractivity contribution in [1.29, 1.82) is 0 Å². The lowest BCUT2D eigenvalue weighted by Gasteiger charge is -2.12. The Bertz CT molecular complexity index is 483. The molecule has 1 saturated carbocycles. The highest BCUT2D eigenvalue weighted by molar-refractivity contribution is 7.10. The fraction of sp³-hybridized carbons (Fsp3) is 0.571. The summed E-state index contributed by atoms with van der Waals surface area (Å²) in [4.78, 5) is 23.8. The Hall–Kier alpha value is -1.36. The third-order valence-electron chi connectivity index (χ3n) is 3.55. The van der Waals surface area contributed by atoms with Crippen molar-refractivity contribution in [3.8, 4) is 0 Å². The van der Waals surface area contributed by atoms with Gasteiger partial charge in [-0.1, -0.05) is 0 Å². The van der Waals surface area contributed by atoms with Crippen molar-refractivity contribution in [2.24, 2.45) is 5.92 Å². The molecule has 0 aliphatic heterocycles. The minimum Gasteiger partial charge on any atom is -0.481 e. The van der Waals surface area contributed by atoms with Gasteiger partial charge in [0.1, 0.15) is 0 Å². The quantitative estimate of drug-likeness (QED) is 0.842. The van der Waals surface area contributed by atoms with E-state index in [1.165, 1.54) is 10.4 Å². The molecule has 0 bridgehead atoms. The second-order valence-corrected chi connectivity index (χ2v) is 6.21. The molecule has 3 unspecified atom stereocenters. The van der Waals surface area contributed by atoms with Crippen LogP contribution in [0.25, 0.3) is 0 Å². The van der Waals surface area contributed by atoms with Crippen molar-refractivity contribution in [2.45, 2.75) is 45.1 Å². The first-order valence-electron chi connectivity index (χ1n) is 6.55. The Morgan fingerprint density at radius 1 is 1.58 bits per heavy atom. The average molecular weight is 281 g/mol. The van der Waals surface area contributed by atoms with E-state index in [-0.39, 0.29) is 24.3 Å². The summed E-state index contributed by atoms with van der Waals surface area (Å²) in [5, 5.41) is 13.6. The Morgan fingerprint density at radius 3 is 2.89 bits per heavy atom. The predicted molar refractivity (Wildman–Crippen MR) is 74.4 cm³/mol. The van der Waals surface area contributed by atoms with E-state index < -0.39 is 5.97 Å². The summed E-state index contributed by atoms with van der Waals surface area (Å²) in [6, 6.07) is 2.01. The number of aliphatic carboxylic acids is 1. The van der Waals surface area contributed by atoms with Crippen molar-refractivity contribution in [3.63, 3.8) is 0 Å². The van der Waals surface area contributed by atoms with E-state index in [1.807, 2.05) is 6.92 Å². The van der Waals surface area contributed by atoms with E-state index in [9.17, 15) is 9.59 Å². The number of thiophene rings is 1. The fourth-order valence-corrected chi connectivity index (χ4v) is 3.41. The first-order valence-corrected chi connectivity index (χ1v) is 7.43. The molecule has 1 fully saturated rings. The van der Waals surface area contributed by atoms with Gasteiger partial charge in [0.25, 0.3) is 0 Å². The van der Waals surface area contributed by atoms with Crippen LogP contribution in [0.3, 0.4) is 0 Å². The molecule has 2 rings (SSSR count). The van der Waals surface area contributed by atoms with E-state index in [0.717, 1.165) is 6.42 Å². The summed E-state index contributed by atoms with van der Waals surface area (Å²) >= 11 is 1.72. The van der Waals surface area contributed by atoms with Crippen molar-refractivity contribution in [3.05, 3.63) is 21.9 Å². The summed E-state index contributed by atoms with van der Waals surface area (Å²) in [5.74, 6) is -0.313. The zero-order valence-electron chi connectivity index (χ0n) is 11.2. The third-order valence-corrected chi connectivity index (χ3v) is 4.70. The van der Waals surface area contributed by atoms with E-state index in [2.05, 4.69) is 23.7 Å². The zero-order valence-corrected chi connectivity index (χ0v) is 12.0. The zero-order chi connectivity index (χ0) is 14.0. The van der Waals surface area contributed by atoms with Crippen molar-refractivity contribution < 1.29 is 14.7 Å². The Kier molecular flexibility index (Phi) is 4.24. The van der Waals surface area contributed by atoms with Crippen molar-refractivity contribution >= 4 is 23.2 Å². The lowest BCUT2D eigenvalue weighted by atomic mass is 10.1. The normalized spacial score (nSPS) is 22.8. The van der Waals surface area contributed by atoms with Crippen LogP contribution in [0.15, 0.2) is 11.4 Å². The van der Waals surface area contributed by atoms with Crippen LogP contribution in [0.1, 0.15) is 42.5 Å². The molecule has 104 valence electrons. The lowest BCUT2D eigenvalue weighted by molar-refractivity contribution is -0.137. The fourth-order valence-electron chi connectivity index (χ4n) is 2.30. The molecule has 3 atom stereocenters. The summed E-state index contributed by atoms with van der Waals surface area (Å²) in [7, 11) is 0. The van der Waals surface area contributed by atoms with Gasteiger partial charge in [-0.3, -0.25) is 9.59 Å². The number of carboxylic acid groups (broad SMARTS) is 1. The summed E-state index contributed by atoms with van der Waals surface area (Å²) in [6.45, 7) is 3.93. The SMILES string of the molecule is Cc1ccsc1C1CC1C(=O)NC(C)CCC(=O)O. The first-order chi connectivity index (χ1) is 8.99. The van der Waals surface area contributed by atoms with Crippen LogP contribution in [0.5, 0.6) is 0 Å². The van der Waals surface area contributed by atoms with Gasteiger partial charge < -0.3 is 10.4 Å². The van der Waals surface area contributed by atoms with Crippen LogP contribution in [-0.4, -0.2) is 23.0 Å². The maximum Gasteiger partial charge on any atom is 0.303 e. The number of hydrogen-bond acceptors (Lipinski definition) is 3. The summed E-state index contributed by atoms with van der Waals surface area (Å²) in [6.07, 6.45) is 1.49. The number of hydrogen-bond donors (Lipinski definition) is 2. The smallest absolute Gasteiger partial charge is 0.303 e. The highest BCUT2D eigenvalue weighted by Gasteiger charge is 2.45. The second-order valence-electron chi connectivity index (χ2n) is 5.26. The van der Waals surface area contributed by atoms with Crippen LogP contribution in [0.4, 0.5) is 0 Å². The molecule has 1 aliphatic carbocycles.